The highest BCUT2D eigenvalue weighted by molar-refractivity contribution is 5.67. The summed E-state index contributed by atoms with van der Waals surface area (Å²) >= 11 is 0. The van der Waals surface area contributed by atoms with E-state index >= 15 is 8.78 Å². The number of piperidine rings is 1. The molecule has 0 amide bonds. The van der Waals surface area contributed by atoms with Crippen LogP contribution in [0.4, 0.5) is 27.6 Å². The number of rotatable bonds is 6. The van der Waals surface area contributed by atoms with Gasteiger partial charge in [0.25, 0.3) is 0 Å². The molecule has 11 heteroatoms. The minimum atomic E-state index is -4.55. The molecule has 2 aromatic carbocycles. The largest absolute Gasteiger partial charge is 0.481 e. The van der Waals surface area contributed by atoms with Crippen LogP contribution in [0.1, 0.15) is 30.5 Å². The smallest absolute Gasteiger partial charge is 0.416 e. The van der Waals surface area contributed by atoms with Crippen LogP contribution in [0.2, 0.25) is 0 Å². The Morgan fingerprint density at radius 2 is 1.75 bits per heavy atom. The second kappa shape index (κ2) is 10.1. The van der Waals surface area contributed by atoms with E-state index in [0.29, 0.717) is 31.6 Å². The fourth-order valence-corrected chi connectivity index (χ4v) is 4.18. The van der Waals surface area contributed by atoms with Crippen LogP contribution in [0.25, 0.3) is 11.4 Å². The Hall–Kier alpha value is -3.76. The number of anilines is 1. The van der Waals surface area contributed by atoms with E-state index in [4.69, 9.17) is 9.84 Å². The molecule has 1 aromatic heterocycles. The van der Waals surface area contributed by atoms with Gasteiger partial charge in [-0.2, -0.15) is 18.2 Å². The first kappa shape index (κ1) is 25.3. The molecule has 1 fully saturated rings. The number of halogens is 5. The van der Waals surface area contributed by atoms with Gasteiger partial charge in [-0.3, -0.25) is 4.79 Å². The van der Waals surface area contributed by atoms with Crippen molar-refractivity contribution in [2.45, 2.75) is 32.4 Å². The van der Waals surface area contributed by atoms with Crippen LogP contribution in [0.15, 0.2) is 42.5 Å². The molecule has 0 radical (unpaired) electrons. The number of carboxylic acids is 1. The normalized spacial score (nSPS) is 14.7. The Morgan fingerprint density at radius 3 is 2.36 bits per heavy atom. The van der Waals surface area contributed by atoms with E-state index < -0.39 is 29.3 Å². The molecule has 1 aliphatic heterocycles. The number of hydrogen-bond acceptors (Lipinski definition) is 5. The zero-order valence-corrected chi connectivity index (χ0v) is 19.1. The van der Waals surface area contributed by atoms with E-state index in [2.05, 4.69) is 9.97 Å². The Bertz CT molecular complexity index is 1250. The van der Waals surface area contributed by atoms with Crippen LogP contribution in [0.5, 0.6) is 11.6 Å². The summed E-state index contributed by atoms with van der Waals surface area (Å²) in [7, 11) is 0. The lowest BCUT2D eigenvalue weighted by atomic mass is 9.93. The van der Waals surface area contributed by atoms with Gasteiger partial charge in [0.1, 0.15) is 23.1 Å². The number of hydrogen-bond donors (Lipinski definition) is 1. The van der Waals surface area contributed by atoms with Crippen LogP contribution >= 0.6 is 0 Å². The molecule has 1 saturated heterocycles. The molecule has 2 heterocycles. The zero-order valence-electron chi connectivity index (χ0n) is 19.1. The molecule has 36 heavy (non-hydrogen) atoms. The summed E-state index contributed by atoms with van der Waals surface area (Å²) in [6, 6.07) is 7.83. The SMILES string of the molecule is Cc1cc(Oc2cccc(C(F)(F)F)c2)nc(-c2cc(F)c(N3CCC(CC(=O)O)CC3)c(F)c2)n1. The highest BCUT2D eigenvalue weighted by Crippen LogP contribution is 2.34. The maximum Gasteiger partial charge on any atom is 0.416 e. The van der Waals surface area contributed by atoms with Gasteiger partial charge in [0.15, 0.2) is 5.82 Å². The summed E-state index contributed by atoms with van der Waals surface area (Å²) in [5.41, 5.74) is -0.683. The van der Waals surface area contributed by atoms with Crippen LogP contribution in [-0.2, 0) is 11.0 Å². The average Bonchev–Trinajstić information content (AvgIpc) is 2.78. The van der Waals surface area contributed by atoms with Crippen molar-refractivity contribution in [3.63, 3.8) is 0 Å². The van der Waals surface area contributed by atoms with Gasteiger partial charge >= 0.3 is 12.1 Å². The van der Waals surface area contributed by atoms with Gasteiger partial charge in [0.05, 0.1) is 5.56 Å². The molecule has 6 nitrogen and oxygen atoms in total. The van der Waals surface area contributed by atoms with E-state index in [1.54, 1.807) is 11.8 Å². The molecule has 0 atom stereocenters. The number of carbonyl (C=O) groups is 1. The topological polar surface area (TPSA) is 75.5 Å². The van der Waals surface area contributed by atoms with Crippen molar-refractivity contribution in [1.82, 2.24) is 9.97 Å². The number of carboxylic acid groups (broad SMARTS) is 1. The molecule has 0 aliphatic carbocycles. The first-order valence-electron chi connectivity index (χ1n) is 11.2. The van der Waals surface area contributed by atoms with E-state index in [1.165, 1.54) is 18.2 Å². The maximum absolute atomic E-state index is 15.0. The Morgan fingerprint density at radius 1 is 1.08 bits per heavy atom. The van der Waals surface area contributed by atoms with Crippen molar-refractivity contribution >= 4 is 11.7 Å². The average molecular weight is 507 g/mol. The first-order chi connectivity index (χ1) is 17.0. The zero-order chi connectivity index (χ0) is 26.0. The third-order valence-electron chi connectivity index (χ3n) is 5.88. The van der Waals surface area contributed by atoms with E-state index in [1.807, 2.05) is 0 Å². The number of benzene rings is 2. The van der Waals surface area contributed by atoms with Crippen molar-refractivity contribution < 1.29 is 36.6 Å². The van der Waals surface area contributed by atoms with Gasteiger partial charge < -0.3 is 14.7 Å². The molecule has 1 N–H and O–H groups in total. The number of aryl methyl sites for hydroxylation is 1. The van der Waals surface area contributed by atoms with Gasteiger partial charge in [-0.1, -0.05) is 6.07 Å². The second-order valence-corrected chi connectivity index (χ2v) is 8.62. The molecule has 0 unspecified atom stereocenters. The fraction of sp³-hybridized carbons (Fsp3) is 0.320. The first-order valence-corrected chi connectivity index (χ1v) is 11.2. The highest BCUT2D eigenvalue weighted by Gasteiger charge is 2.31. The predicted molar refractivity (Wildman–Crippen MR) is 121 cm³/mol. The summed E-state index contributed by atoms with van der Waals surface area (Å²) in [5, 5.41) is 8.94. The molecule has 0 saturated carbocycles. The van der Waals surface area contributed by atoms with Gasteiger partial charge in [0, 0.05) is 36.8 Å². The molecule has 3 aromatic rings. The quantitative estimate of drug-likeness (QED) is 0.399. The number of ether oxygens (including phenoxy) is 1. The molecular weight excluding hydrogens is 485 g/mol. The van der Waals surface area contributed by atoms with Crippen molar-refractivity contribution in [3.05, 3.63) is 65.4 Å². The van der Waals surface area contributed by atoms with Crippen LogP contribution < -0.4 is 9.64 Å². The van der Waals surface area contributed by atoms with Crippen molar-refractivity contribution in [1.29, 1.82) is 0 Å². The second-order valence-electron chi connectivity index (χ2n) is 8.62. The highest BCUT2D eigenvalue weighted by atomic mass is 19.4. The van der Waals surface area contributed by atoms with Gasteiger partial charge in [-0.25, -0.2) is 13.8 Å². The van der Waals surface area contributed by atoms with Crippen LogP contribution in [0.3, 0.4) is 0 Å². The molecule has 0 spiro atoms. The van der Waals surface area contributed by atoms with Crippen molar-refractivity contribution in [3.8, 4) is 23.0 Å². The summed E-state index contributed by atoms with van der Waals surface area (Å²) in [6.07, 6.45) is -3.52. The molecule has 0 bridgehead atoms. The van der Waals surface area contributed by atoms with Crippen molar-refractivity contribution in [2.75, 3.05) is 18.0 Å². The number of nitrogens with zero attached hydrogens (tertiary/aromatic N) is 3. The molecular formula is C25H22F5N3O3. The number of aromatic nitrogens is 2. The fourth-order valence-electron chi connectivity index (χ4n) is 4.18. The number of alkyl halides is 3. The summed E-state index contributed by atoms with van der Waals surface area (Å²) in [6.45, 7) is 2.23. The lowest BCUT2D eigenvalue weighted by molar-refractivity contribution is -0.138. The standard InChI is InChI=1S/C25H22F5N3O3/c1-14-9-21(36-18-4-2-3-17(13-18)25(28,29)30)32-24(31-14)16-11-19(26)23(20(27)12-16)33-7-5-15(6-8-33)10-22(34)35/h2-4,9,11-13,15H,5-8,10H2,1H3,(H,34,35). The molecule has 190 valence electrons. The minimum absolute atomic E-state index is 0.0212. The summed E-state index contributed by atoms with van der Waals surface area (Å²) < 4.78 is 74.5. The van der Waals surface area contributed by atoms with Crippen LogP contribution in [0, 0.1) is 24.5 Å². The summed E-state index contributed by atoms with van der Waals surface area (Å²) in [5.74, 6) is -2.83. The maximum atomic E-state index is 15.0. The molecule has 4 rings (SSSR count). The van der Waals surface area contributed by atoms with E-state index in [0.717, 1.165) is 24.3 Å². The third-order valence-corrected chi connectivity index (χ3v) is 5.88. The summed E-state index contributed by atoms with van der Waals surface area (Å²) in [4.78, 5) is 20.8. The van der Waals surface area contributed by atoms with Gasteiger partial charge in [-0.05, 0) is 56.0 Å². The third kappa shape index (κ3) is 5.89. The van der Waals surface area contributed by atoms with E-state index in [-0.39, 0.29) is 41.0 Å². The van der Waals surface area contributed by atoms with Gasteiger partial charge in [-0.15, -0.1) is 0 Å². The van der Waals surface area contributed by atoms with Crippen molar-refractivity contribution in [2.24, 2.45) is 5.92 Å². The lowest BCUT2D eigenvalue weighted by Crippen LogP contribution is -2.35. The van der Waals surface area contributed by atoms with Crippen LogP contribution in [-0.4, -0.2) is 34.1 Å². The Balaban J connectivity index is 1.57. The molecule has 1 aliphatic rings. The predicted octanol–water partition coefficient (Wildman–Crippen LogP) is 6.23. The number of aliphatic carboxylic acids is 1. The van der Waals surface area contributed by atoms with E-state index in [9.17, 15) is 18.0 Å². The Kier molecular flexibility index (Phi) is 7.09. The van der Waals surface area contributed by atoms with Gasteiger partial charge in [0.2, 0.25) is 5.88 Å². The monoisotopic (exact) mass is 507 g/mol. The lowest BCUT2D eigenvalue weighted by Gasteiger charge is -2.33. The Labute approximate surface area is 203 Å². The minimum Gasteiger partial charge on any atom is -0.481 e.